The first-order valence-corrected chi connectivity index (χ1v) is 6.24. The lowest BCUT2D eigenvalue weighted by molar-refractivity contribution is -0.0445. The van der Waals surface area contributed by atoms with Crippen LogP contribution in [-0.4, -0.2) is 19.2 Å². The number of hydrogen-bond donors (Lipinski definition) is 0. The van der Waals surface area contributed by atoms with Gasteiger partial charge in [-0.1, -0.05) is 50.1 Å². The van der Waals surface area contributed by atoms with Crippen LogP contribution < -0.4 is 5.32 Å². The zero-order chi connectivity index (χ0) is 11.2. The predicted molar refractivity (Wildman–Crippen MR) is 65.4 cm³/mol. The van der Waals surface area contributed by atoms with Gasteiger partial charge in [-0.05, 0) is 12.0 Å². The van der Waals surface area contributed by atoms with E-state index in [1.807, 2.05) is 6.07 Å². The van der Waals surface area contributed by atoms with Gasteiger partial charge in [0.05, 0.1) is 12.2 Å². The second-order valence-corrected chi connectivity index (χ2v) is 4.39. The van der Waals surface area contributed by atoms with Crippen LogP contribution in [0, 0.1) is 0 Å². The summed E-state index contributed by atoms with van der Waals surface area (Å²) in [5, 5.41) is 4.54. The van der Waals surface area contributed by atoms with Crippen molar-refractivity contribution in [3.63, 3.8) is 0 Å². The lowest BCUT2D eigenvalue weighted by Crippen LogP contribution is -2.36. The second kappa shape index (κ2) is 6.02. The minimum absolute atomic E-state index is 0.178. The Morgan fingerprint density at radius 2 is 2.06 bits per heavy atom. The monoisotopic (exact) mass is 218 g/mol. The Labute approximate surface area is 98.0 Å². The van der Waals surface area contributed by atoms with E-state index >= 15 is 0 Å². The van der Waals surface area contributed by atoms with E-state index < -0.39 is 0 Å². The van der Waals surface area contributed by atoms with Crippen LogP contribution in [0.1, 0.15) is 37.9 Å². The molecule has 0 N–H and O–H groups in total. The highest BCUT2D eigenvalue weighted by Crippen LogP contribution is 2.23. The first-order chi connectivity index (χ1) is 7.90. The van der Waals surface area contributed by atoms with Crippen molar-refractivity contribution in [3.05, 3.63) is 35.9 Å². The number of hydrogen-bond acceptors (Lipinski definition) is 1. The number of nitrogens with zero attached hydrogens (tertiary/aromatic N) is 1. The largest absolute Gasteiger partial charge is 0.368 e. The predicted octanol–water partition coefficient (Wildman–Crippen LogP) is 2.92. The molecule has 87 valence electrons. The quantitative estimate of drug-likeness (QED) is 0.762. The summed E-state index contributed by atoms with van der Waals surface area (Å²) in [6.07, 6.45) is 4.12. The molecule has 1 heterocycles. The zero-order valence-electron chi connectivity index (χ0n) is 9.93. The molecule has 2 nitrogen and oxygen atoms in total. The normalized spacial score (nSPS) is 25.6. The molecule has 1 aromatic rings. The average Bonchev–Trinajstić information content (AvgIpc) is 2.38. The smallest absolute Gasteiger partial charge is 0.0970 e. The highest BCUT2D eigenvalue weighted by molar-refractivity contribution is 5.18. The molecule has 1 fully saturated rings. The van der Waals surface area contributed by atoms with Crippen LogP contribution in [0.5, 0.6) is 0 Å². The Kier molecular flexibility index (Phi) is 4.37. The van der Waals surface area contributed by atoms with Crippen molar-refractivity contribution in [1.29, 1.82) is 0 Å². The molecule has 1 aliphatic heterocycles. The summed E-state index contributed by atoms with van der Waals surface area (Å²) in [6, 6.07) is 10.4. The Balaban J connectivity index is 1.91. The highest BCUT2D eigenvalue weighted by Gasteiger charge is 2.23. The van der Waals surface area contributed by atoms with Crippen LogP contribution in [-0.2, 0) is 4.74 Å². The molecule has 1 radical (unpaired) electrons. The van der Waals surface area contributed by atoms with Gasteiger partial charge in [-0.25, -0.2) is 5.32 Å². The minimum atomic E-state index is 0.178. The minimum Gasteiger partial charge on any atom is -0.368 e. The summed E-state index contributed by atoms with van der Waals surface area (Å²) in [6.45, 7) is 3.91. The Bertz CT molecular complexity index is 299. The summed E-state index contributed by atoms with van der Waals surface area (Å²) in [5.41, 5.74) is 1.26. The van der Waals surface area contributed by atoms with Gasteiger partial charge in [-0.3, -0.25) is 0 Å². The van der Waals surface area contributed by atoms with E-state index in [9.17, 15) is 0 Å². The molecule has 1 aromatic carbocycles. The summed E-state index contributed by atoms with van der Waals surface area (Å²) in [4.78, 5) is 0. The van der Waals surface area contributed by atoms with Crippen molar-refractivity contribution in [2.45, 2.75) is 38.4 Å². The van der Waals surface area contributed by atoms with Crippen LogP contribution in [0.3, 0.4) is 0 Å². The topological polar surface area (TPSA) is 23.3 Å². The maximum absolute atomic E-state index is 6.08. The van der Waals surface area contributed by atoms with Gasteiger partial charge in [0.15, 0.2) is 0 Å². The van der Waals surface area contributed by atoms with Crippen molar-refractivity contribution in [1.82, 2.24) is 5.32 Å². The molecule has 2 rings (SSSR count). The molecular formula is C14H20NO. The van der Waals surface area contributed by atoms with Gasteiger partial charge in [0.1, 0.15) is 0 Å². The molecule has 0 saturated carbocycles. The van der Waals surface area contributed by atoms with Crippen molar-refractivity contribution in [2.75, 3.05) is 13.1 Å². The Morgan fingerprint density at radius 1 is 1.25 bits per heavy atom. The summed E-state index contributed by atoms with van der Waals surface area (Å²) >= 11 is 0. The number of benzene rings is 1. The average molecular weight is 218 g/mol. The third-order valence-corrected chi connectivity index (χ3v) is 3.04. The molecular weight excluding hydrogens is 198 g/mol. The van der Waals surface area contributed by atoms with Gasteiger partial charge in [0, 0.05) is 13.1 Å². The van der Waals surface area contributed by atoms with E-state index in [0.717, 1.165) is 19.5 Å². The molecule has 2 atom stereocenters. The standard InChI is InChI=1S/C14H20NO/c1-2-3-9-13-10-15-11-14(16-13)12-7-5-4-6-8-12/h4-8,13-14H,2-3,9-11H2,1H3. The van der Waals surface area contributed by atoms with E-state index in [1.165, 1.54) is 18.4 Å². The fraction of sp³-hybridized carbons (Fsp3) is 0.571. The highest BCUT2D eigenvalue weighted by atomic mass is 16.5. The van der Waals surface area contributed by atoms with E-state index in [2.05, 4.69) is 36.5 Å². The van der Waals surface area contributed by atoms with Crippen LogP contribution in [0.15, 0.2) is 30.3 Å². The van der Waals surface area contributed by atoms with Gasteiger partial charge < -0.3 is 4.74 Å². The molecule has 0 bridgehead atoms. The molecule has 0 aromatic heterocycles. The van der Waals surface area contributed by atoms with Gasteiger partial charge in [0.2, 0.25) is 0 Å². The first-order valence-electron chi connectivity index (χ1n) is 6.24. The third-order valence-electron chi connectivity index (χ3n) is 3.04. The van der Waals surface area contributed by atoms with Crippen LogP contribution >= 0.6 is 0 Å². The maximum atomic E-state index is 6.08. The number of rotatable bonds is 4. The van der Waals surface area contributed by atoms with Gasteiger partial charge >= 0.3 is 0 Å². The molecule has 0 spiro atoms. The SMILES string of the molecule is CCCCC1C[N]CC(c2ccccc2)O1. The third kappa shape index (κ3) is 3.06. The molecule has 16 heavy (non-hydrogen) atoms. The Morgan fingerprint density at radius 3 is 2.81 bits per heavy atom. The van der Waals surface area contributed by atoms with Gasteiger partial charge in [-0.15, -0.1) is 0 Å². The molecule has 2 unspecified atom stereocenters. The first kappa shape index (κ1) is 11.6. The van der Waals surface area contributed by atoms with Crippen molar-refractivity contribution in [2.24, 2.45) is 0 Å². The van der Waals surface area contributed by atoms with Crippen molar-refractivity contribution >= 4 is 0 Å². The fourth-order valence-electron chi connectivity index (χ4n) is 2.10. The van der Waals surface area contributed by atoms with Crippen molar-refractivity contribution < 1.29 is 4.74 Å². The van der Waals surface area contributed by atoms with E-state index in [1.54, 1.807) is 0 Å². The van der Waals surface area contributed by atoms with E-state index in [-0.39, 0.29) is 6.10 Å². The summed E-state index contributed by atoms with van der Waals surface area (Å²) < 4.78 is 6.08. The molecule has 0 amide bonds. The lowest BCUT2D eigenvalue weighted by Gasteiger charge is -2.30. The fourth-order valence-corrected chi connectivity index (χ4v) is 2.10. The second-order valence-electron chi connectivity index (χ2n) is 4.39. The van der Waals surface area contributed by atoms with Crippen molar-refractivity contribution in [3.8, 4) is 0 Å². The van der Waals surface area contributed by atoms with E-state index in [4.69, 9.17) is 4.74 Å². The van der Waals surface area contributed by atoms with Gasteiger partial charge in [-0.2, -0.15) is 0 Å². The van der Waals surface area contributed by atoms with E-state index in [0.29, 0.717) is 6.10 Å². The number of ether oxygens (including phenoxy) is 1. The molecule has 1 saturated heterocycles. The maximum Gasteiger partial charge on any atom is 0.0970 e. The number of morpholine rings is 1. The van der Waals surface area contributed by atoms with Crippen LogP contribution in [0.4, 0.5) is 0 Å². The van der Waals surface area contributed by atoms with Gasteiger partial charge in [0.25, 0.3) is 0 Å². The summed E-state index contributed by atoms with van der Waals surface area (Å²) in [5.74, 6) is 0. The summed E-state index contributed by atoms with van der Waals surface area (Å²) in [7, 11) is 0. The molecule has 2 heteroatoms. The zero-order valence-corrected chi connectivity index (χ0v) is 9.93. The lowest BCUT2D eigenvalue weighted by atomic mass is 10.1. The Hall–Kier alpha value is -0.860. The van der Waals surface area contributed by atoms with Crippen LogP contribution in [0.2, 0.25) is 0 Å². The number of unbranched alkanes of at least 4 members (excludes halogenated alkanes) is 1. The van der Waals surface area contributed by atoms with Crippen LogP contribution in [0.25, 0.3) is 0 Å². The molecule has 1 aliphatic rings. The molecule has 0 aliphatic carbocycles.